The summed E-state index contributed by atoms with van der Waals surface area (Å²) >= 11 is 0. The van der Waals surface area contributed by atoms with Gasteiger partial charge in [0.05, 0.1) is 28.4 Å². The van der Waals surface area contributed by atoms with E-state index in [4.69, 9.17) is 18.9 Å². The largest absolute Gasteiger partial charge is 0.496 e. The first kappa shape index (κ1) is 78.4. The summed E-state index contributed by atoms with van der Waals surface area (Å²) in [4.78, 5) is 0. The van der Waals surface area contributed by atoms with Crippen LogP contribution >= 0.6 is 15.8 Å². The number of rotatable bonds is 18. The summed E-state index contributed by atoms with van der Waals surface area (Å²) in [6, 6.07) is 19.4. The quantitative estimate of drug-likeness (QED) is 0.0735. The average molecular weight is 1600 g/mol. The Labute approximate surface area is 652 Å². The molecule has 102 heavy (non-hydrogen) atoms. The third kappa shape index (κ3) is 14.6. The van der Waals surface area contributed by atoms with E-state index in [1.807, 2.05) is 28.4 Å². The molecule has 4 radical (unpaired) electrons. The van der Waals surface area contributed by atoms with Gasteiger partial charge in [0.15, 0.2) is 0 Å². The Hall–Kier alpha value is -1.74. The average Bonchev–Trinajstić information content (AvgIpc) is 0.694. The minimum atomic E-state index is -0.485. The summed E-state index contributed by atoms with van der Waals surface area (Å²) < 4.78 is 26.3. The number of hydrogen-bond donors (Lipinski definition) is 0. The van der Waals surface area contributed by atoms with Crippen molar-refractivity contribution in [3.05, 3.63) is 108 Å². The predicted molar refractivity (Wildman–Crippen MR) is 427 cm³/mol. The minimum absolute atomic E-state index is 0. The Balaban J connectivity index is 0.000000161. The smallest absolute Gasteiger partial charge is 0.127 e. The maximum absolute atomic E-state index is 6.64. The Morgan fingerprint density at radius 3 is 0.627 bits per heavy atom. The molecular formula is C94H134O4P2Pd2. The maximum atomic E-state index is 6.64. The van der Waals surface area contributed by atoms with E-state index in [1.54, 1.807) is 10.6 Å². The van der Waals surface area contributed by atoms with Crippen molar-refractivity contribution < 1.29 is 59.8 Å². The van der Waals surface area contributed by atoms with Crippen LogP contribution in [-0.2, 0) is 40.8 Å². The molecule has 0 unspecified atom stereocenters. The first-order valence-corrected chi connectivity index (χ1v) is 44.5. The number of methoxy groups -OCH3 is 4. The molecule has 16 bridgehead atoms. The van der Waals surface area contributed by atoms with Crippen LogP contribution < -0.4 is 29.6 Å². The van der Waals surface area contributed by atoms with Crippen molar-refractivity contribution in [3.8, 4) is 45.3 Å². The van der Waals surface area contributed by atoms with Gasteiger partial charge in [-0.15, -0.1) is 0 Å². The van der Waals surface area contributed by atoms with Crippen molar-refractivity contribution in [2.45, 2.75) is 319 Å². The third-order valence-electron chi connectivity index (χ3n) is 29.6. The molecule has 17 saturated carbocycles. The second-order valence-electron chi connectivity index (χ2n) is 38.8. The fourth-order valence-corrected chi connectivity index (χ4v) is 38.2. The van der Waals surface area contributed by atoms with Crippen molar-refractivity contribution in [2.75, 3.05) is 28.4 Å². The summed E-state index contributed by atoms with van der Waals surface area (Å²) in [5.41, 5.74) is 14.8. The summed E-state index contributed by atoms with van der Waals surface area (Å²) in [5.74, 6) is 18.7. The molecule has 17 aliphatic rings. The van der Waals surface area contributed by atoms with Crippen LogP contribution in [0.5, 0.6) is 23.0 Å². The van der Waals surface area contributed by atoms with Crippen LogP contribution in [0, 0.1) is 96.7 Å². The fourth-order valence-electron chi connectivity index (χ4n) is 27.4. The first-order chi connectivity index (χ1) is 48.0. The van der Waals surface area contributed by atoms with E-state index >= 15 is 0 Å². The van der Waals surface area contributed by atoms with Gasteiger partial charge in [-0.1, -0.05) is 123 Å². The minimum Gasteiger partial charge on any atom is -0.496 e. The van der Waals surface area contributed by atoms with Gasteiger partial charge in [-0.2, -0.15) is 0 Å². The van der Waals surface area contributed by atoms with Crippen LogP contribution in [0.4, 0.5) is 0 Å². The molecular weight excluding hydrogens is 1470 g/mol. The normalized spacial score (nSPS) is 34.6. The van der Waals surface area contributed by atoms with Gasteiger partial charge in [-0.25, -0.2) is 0 Å². The van der Waals surface area contributed by atoms with Crippen LogP contribution in [0.15, 0.2) is 48.5 Å². The van der Waals surface area contributed by atoms with Gasteiger partial charge in [0.25, 0.3) is 0 Å². The second kappa shape index (κ2) is 31.6. The zero-order valence-corrected chi connectivity index (χ0v) is 71.2. The summed E-state index contributed by atoms with van der Waals surface area (Å²) in [7, 11) is 6.83. The fraction of sp³-hybridized carbons (Fsp3) is 0.702. The van der Waals surface area contributed by atoms with Crippen molar-refractivity contribution >= 4 is 26.5 Å². The third-order valence-corrected chi connectivity index (χ3v) is 37.3. The Morgan fingerprint density at radius 1 is 0.275 bits per heavy atom. The molecule has 17 fully saturated rings. The molecule has 4 nitrogen and oxygen atoms in total. The topological polar surface area (TPSA) is 36.9 Å². The van der Waals surface area contributed by atoms with E-state index in [1.165, 1.54) is 247 Å². The monoisotopic (exact) mass is 1600 g/mol. The van der Waals surface area contributed by atoms with E-state index in [2.05, 4.69) is 157 Å². The Bertz CT molecular complexity index is 3040. The van der Waals surface area contributed by atoms with Crippen LogP contribution in [-0.4, -0.2) is 49.1 Å². The molecule has 0 aromatic heterocycles. The molecule has 0 saturated heterocycles. The molecule has 0 heterocycles. The summed E-state index contributed by atoms with van der Waals surface area (Å²) in [6.45, 7) is 28.8. The van der Waals surface area contributed by atoms with Gasteiger partial charge in [-0.3, -0.25) is 0 Å². The zero-order chi connectivity index (χ0) is 69.9. The predicted octanol–water partition coefficient (Wildman–Crippen LogP) is 25.9. The summed E-state index contributed by atoms with van der Waals surface area (Å²) in [6.07, 6.45) is 49.9. The molecule has 21 rings (SSSR count). The van der Waals surface area contributed by atoms with E-state index in [9.17, 15) is 0 Å². The van der Waals surface area contributed by atoms with Crippen molar-refractivity contribution in [2.24, 2.45) is 71.0 Å². The molecule has 0 amide bonds. The summed E-state index contributed by atoms with van der Waals surface area (Å²) in [5, 5.41) is 5.08. The SMILES string of the molecule is COc1ccc(OC)c(P(C23CC4CC(CC(C4)C2)C3)C23CC4CC(CC(C4)C2)C3)c1-c1c(C(C)C)cc(C(C)C)cc1C(C)C.COc1ccc(OC)c(P(C23CC4CC(CC(C4)C2)C3)C23CC4CC(CC(C4)C2)C3)c1-c1c(C(C)C)cc(C(C)C)cc1C(C)C.[CH]1[CH]CC[CH][CH]CC1.[Pd].[Pd]. The number of hydrogen-bond acceptors (Lipinski definition) is 4. The Morgan fingerprint density at radius 2 is 0.461 bits per heavy atom. The molecule has 0 spiro atoms. The first-order valence-electron chi connectivity index (χ1n) is 41.8. The van der Waals surface area contributed by atoms with Crippen molar-refractivity contribution in [1.82, 2.24) is 0 Å². The van der Waals surface area contributed by atoms with Crippen LogP contribution in [0.3, 0.4) is 0 Å². The van der Waals surface area contributed by atoms with E-state index < -0.39 is 15.8 Å². The molecule has 8 heteroatoms. The van der Waals surface area contributed by atoms with Gasteiger partial charge in [0.1, 0.15) is 23.0 Å². The van der Waals surface area contributed by atoms with Gasteiger partial charge >= 0.3 is 0 Å². The van der Waals surface area contributed by atoms with Crippen LogP contribution in [0.2, 0.25) is 0 Å². The zero-order valence-electron chi connectivity index (χ0n) is 66.3. The Kier molecular flexibility index (Phi) is 24.3. The van der Waals surface area contributed by atoms with Gasteiger partial charge in [0.2, 0.25) is 0 Å². The van der Waals surface area contributed by atoms with Crippen molar-refractivity contribution in [1.29, 1.82) is 0 Å². The van der Waals surface area contributed by atoms with Crippen LogP contribution in [0.1, 0.15) is 332 Å². The second-order valence-corrected chi connectivity index (χ2v) is 44.8. The van der Waals surface area contributed by atoms with Gasteiger partial charge < -0.3 is 18.9 Å². The van der Waals surface area contributed by atoms with E-state index in [0.717, 1.165) is 82.5 Å². The molecule has 0 atom stereocenters. The van der Waals surface area contributed by atoms with Crippen LogP contribution in [0.25, 0.3) is 22.3 Å². The van der Waals surface area contributed by atoms with Crippen molar-refractivity contribution in [3.63, 3.8) is 0 Å². The van der Waals surface area contributed by atoms with E-state index in [0.29, 0.717) is 56.1 Å². The molecule has 0 aliphatic heterocycles. The molecule has 4 aromatic rings. The molecule has 0 N–H and O–H groups in total. The maximum Gasteiger partial charge on any atom is 0.127 e. The van der Waals surface area contributed by atoms with Gasteiger partial charge in [-0.05, 0) is 401 Å². The van der Waals surface area contributed by atoms with Gasteiger partial charge in [0, 0.05) is 62.6 Å². The number of ether oxygens (including phenoxy) is 4. The standard InChI is InChI=1S/2C43H61O2P.C8H12.2Pd/c2*1-25(2)34-17-35(26(3)4)39(36(18-34)27(5)6)40-37(44-7)9-10-38(45-8)41(40)46(42-19-28-11-29(20-42)13-30(12-28)21-42)43-22-31-14-32(23-43)16-33(15-31)24-43;1-2-4-6-8-7-5-3-1;;/h2*9-10,17-18,25-33H,11-16,19-24H2,1-8H3;1-2,7-8H,3-6H2;;. The van der Waals surface area contributed by atoms with E-state index in [-0.39, 0.29) is 40.8 Å². The number of benzene rings is 4. The molecule has 4 aromatic carbocycles. The molecule has 564 valence electrons. The molecule has 17 aliphatic carbocycles.